The van der Waals surface area contributed by atoms with E-state index in [1.807, 2.05) is 0 Å². The van der Waals surface area contributed by atoms with Crippen LogP contribution in [-0.2, 0) is 19.1 Å². The van der Waals surface area contributed by atoms with Crippen LogP contribution in [-0.4, -0.2) is 25.2 Å². The smallest absolute Gasteiger partial charge is 0.306 e. The van der Waals surface area contributed by atoms with Crippen molar-refractivity contribution in [1.29, 1.82) is 0 Å². The van der Waals surface area contributed by atoms with E-state index < -0.39 is 0 Å². The Morgan fingerprint density at radius 3 is 1.26 bits per heavy atom. The lowest BCUT2D eigenvalue weighted by Gasteiger charge is -2.24. The number of rotatable bonds is 14. The third kappa shape index (κ3) is 17.2. The van der Waals surface area contributed by atoms with E-state index in [-0.39, 0.29) is 22.8 Å². The summed E-state index contributed by atoms with van der Waals surface area (Å²) in [6.45, 7) is 22.6. The van der Waals surface area contributed by atoms with E-state index in [0.29, 0.717) is 49.7 Å². The van der Waals surface area contributed by atoms with Crippen molar-refractivity contribution in [1.82, 2.24) is 0 Å². The predicted molar refractivity (Wildman–Crippen MR) is 130 cm³/mol. The van der Waals surface area contributed by atoms with Crippen LogP contribution in [0.3, 0.4) is 0 Å². The molecule has 0 fully saturated rings. The van der Waals surface area contributed by atoms with Crippen LogP contribution < -0.4 is 0 Å². The Morgan fingerprint density at radius 2 is 1.00 bits per heavy atom. The van der Waals surface area contributed by atoms with Crippen LogP contribution in [0.25, 0.3) is 0 Å². The van der Waals surface area contributed by atoms with Gasteiger partial charge in [0.2, 0.25) is 0 Å². The zero-order chi connectivity index (χ0) is 24.2. The molecule has 0 radical (unpaired) electrons. The highest BCUT2D eigenvalue weighted by atomic mass is 16.5. The summed E-state index contributed by atoms with van der Waals surface area (Å²) in [4.78, 5) is 24.5. The van der Waals surface area contributed by atoms with Gasteiger partial charge in [0.25, 0.3) is 0 Å². The first-order valence-corrected chi connectivity index (χ1v) is 12.5. The number of carbonyl (C=O) groups is 2. The van der Waals surface area contributed by atoms with Gasteiger partial charge in [0.15, 0.2) is 0 Å². The highest BCUT2D eigenvalue weighted by molar-refractivity contribution is 5.70. The van der Waals surface area contributed by atoms with Gasteiger partial charge in [0.1, 0.15) is 0 Å². The van der Waals surface area contributed by atoms with Gasteiger partial charge in [0, 0.05) is 12.8 Å². The minimum atomic E-state index is -0.0949. The Hall–Kier alpha value is -1.06. The maximum absolute atomic E-state index is 12.2. The average molecular weight is 441 g/mol. The molecule has 0 aromatic rings. The molecule has 31 heavy (non-hydrogen) atoms. The molecule has 4 unspecified atom stereocenters. The summed E-state index contributed by atoms with van der Waals surface area (Å²) in [5.74, 6) is 1.09. The number of carbonyl (C=O) groups excluding carboxylic acids is 2. The van der Waals surface area contributed by atoms with Gasteiger partial charge in [-0.2, -0.15) is 0 Å². The molecule has 0 heterocycles. The lowest BCUT2D eigenvalue weighted by Crippen LogP contribution is -2.22. The first-order chi connectivity index (χ1) is 14.1. The Balaban J connectivity index is 4.38. The maximum atomic E-state index is 12.2. The zero-order valence-electron chi connectivity index (χ0n) is 22.3. The van der Waals surface area contributed by atoms with E-state index in [0.717, 1.165) is 32.1 Å². The largest absolute Gasteiger partial charge is 0.465 e. The van der Waals surface area contributed by atoms with E-state index >= 15 is 0 Å². The Morgan fingerprint density at radius 1 is 0.677 bits per heavy atom. The van der Waals surface area contributed by atoms with Crippen LogP contribution in [0.1, 0.15) is 114 Å². The highest BCUT2D eigenvalue weighted by Gasteiger charge is 2.22. The van der Waals surface area contributed by atoms with Crippen LogP contribution in [0, 0.1) is 34.5 Å². The van der Waals surface area contributed by atoms with Crippen molar-refractivity contribution in [2.24, 2.45) is 34.5 Å². The van der Waals surface area contributed by atoms with Crippen molar-refractivity contribution < 1.29 is 19.1 Å². The van der Waals surface area contributed by atoms with Crippen molar-refractivity contribution in [2.75, 3.05) is 13.2 Å². The fourth-order valence-corrected chi connectivity index (χ4v) is 4.52. The van der Waals surface area contributed by atoms with Gasteiger partial charge in [-0.25, -0.2) is 0 Å². The predicted octanol–water partition coefficient (Wildman–Crippen LogP) is 7.44. The second-order valence-corrected chi connectivity index (χ2v) is 12.3. The first kappa shape index (κ1) is 29.9. The van der Waals surface area contributed by atoms with Gasteiger partial charge in [-0.05, 0) is 53.8 Å². The van der Waals surface area contributed by atoms with Crippen molar-refractivity contribution >= 4 is 11.9 Å². The van der Waals surface area contributed by atoms with Gasteiger partial charge in [-0.1, -0.05) is 82.1 Å². The summed E-state index contributed by atoms with van der Waals surface area (Å²) in [6.07, 6.45) is 5.82. The molecule has 0 saturated carbocycles. The van der Waals surface area contributed by atoms with E-state index in [4.69, 9.17) is 9.47 Å². The highest BCUT2D eigenvalue weighted by Crippen LogP contribution is 2.27. The van der Waals surface area contributed by atoms with Crippen LogP contribution >= 0.6 is 0 Å². The molecule has 0 aliphatic rings. The van der Waals surface area contributed by atoms with Gasteiger partial charge >= 0.3 is 11.9 Å². The molecule has 184 valence electrons. The Bertz CT molecular complexity index is 466. The van der Waals surface area contributed by atoms with E-state index in [9.17, 15) is 9.59 Å². The molecule has 0 bridgehead atoms. The molecule has 0 aromatic heterocycles. The molecule has 0 aliphatic heterocycles. The molecule has 0 saturated heterocycles. The zero-order valence-corrected chi connectivity index (χ0v) is 22.3. The lowest BCUT2D eigenvalue weighted by molar-refractivity contribution is -0.146. The summed E-state index contributed by atoms with van der Waals surface area (Å²) in [5, 5.41) is 0. The maximum Gasteiger partial charge on any atom is 0.306 e. The topological polar surface area (TPSA) is 52.6 Å². The minimum absolute atomic E-state index is 0.0949. The molecule has 0 spiro atoms. The van der Waals surface area contributed by atoms with E-state index in [2.05, 4.69) is 69.2 Å². The summed E-state index contributed by atoms with van der Waals surface area (Å²) >= 11 is 0. The van der Waals surface area contributed by atoms with Crippen molar-refractivity contribution in [3.63, 3.8) is 0 Å². The number of ether oxygens (including phenoxy) is 2. The number of hydrogen-bond donors (Lipinski definition) is 0. The fraction of sp³-hybridized carbons (Fsp3) is 0.926. The molecule has 4 heteroatoms. The number of esters is 2. The monoisotopic (exact) mass is 440 g/mol. The van der Waals surface area contributed by atoms with Gasteiger partial charge < -0.3 is 9.47 Å². The molecular weight excluding hydrogens is 388 g/mol. The standard InChI is InChI=1S/C27H52O4/c1-11-22(18-30-24(28)13-20(3)16-26(5,6)7)15-23(12-2)19-31-25(29)14-21(4)17-27(8,9)10/h20-23H,11-19H2,1-10H3. The van der Waals surface area contributed by atoms with Crippen molar-refractivity contribution in [3.05, 3.63) is 0 Å². The van der Waals surface area contributed by atoms with E-state index in [1.165, 1.54) is 0 Å². The molecule has 4 atom stereocenters. The lowest BCUT2D eigenvalue weighted by atomic mass is 9.84. The van der Waals surface area contributed by atoms with Crippen LogP contribution in [0.4, 0.5) is 0 Å². The second-order valence-electron chi connectivity index (χ2n) is 12.3. The second kappa shape index (κ2) is 14.2. The van der Waals surface area contributed by atoms with Crippen molar-refractivity contribution in [2.45, 2.75) is 114 Å². The minimum Gasteiger partial charge on any atom is -0.465 e. The molecule has 0 N–H and O–H groups in total. The normalized spacial score (nSPS) is 16.3. The summed E-state index contributed by atoms with van der Waals surface area (Å²) in [5.41, 5.74) is 0.448. The van der Waals surface area contributed by atoms with Gasteiger partial charge in [0.05, 0.1) is 13.2 Å². The van der Waals surface area contributed by atoms with Crippen LogP contribution in [0.15, 0.2) is 0 Å². The van der Waals surface area contributed by atoms with Gasteiger partial charge in [-0.3, -0.25) is 9.59 Å². The Labute approximate surface area is 193 Å². The third-order valence-corrected chi connectivity index (χ3v) is 5.73. The molecular formula is C27H52O4. The third-order valence-electron chi connectivity index (χ3n) is 5.73. The molecule has 0 aromatic carbocycles. The molecule has 4 nitrogen and oxygen atoms in total. The van der Waals surface area contributed by atoms with Gasteiger partial charge in [-0.15, -0.1) is 0 Å². The van der Waals surface area contributed by atoms with Crippen LogP contribution in [0.5, 0.6) is 0 Å². The fourth-order valence-electron chi connectivity index (χ4n) is 4.52. The Kier molecular flexibility index (Phi) is 13.7. The van der Waals surface area contributed by atoms with Crippen LogP contribution in [0.2, 0.25) is 0 Å². The SMILES string of the molecule is CCC(COC(=O)CC(C)CC(C)(C)C)CC(CC)COC(=O)CC(C)CC(C)(C)C. The number of hydrogen-bond acceptors (Lipinski definition) is 4. The summed E-state index contributed by atoms with van der Waals surface area (Å²) in [7, 11) is 0. The average Bonchev–Trinajstić information content (AvgIpc) is 2.57. The first-order valence-electron chi connectivity index (χ1n) is 12.5. The summed E-state index contributed by atoms with van der Waals surface area (Å²) < 4.78 is 11.2. The van der Waals surface area contributed by atoms with E-state index in [1.54, 1.807) is 0 Å². The molecule has 0 aliphatic carbocycles. The molecule has 0 amide bonds. The summed E-state index contributed by atoms with van der Waals surface area (Å²) in [6, 6.07) is 0. The van der Waals surface area contributed by atoms with Crippen molar-refractivity contribution in [3.8, 4) is 0 Å². The molecule has 0 rings (SSSR count). The quantitative estimate of drug-likeness (QED) is 0.263.